The van der Waals surface area contributed by atoms with Crippen LogP contribution in [-0.4, -0.2) is 33.2 Å². The Morgan fingerprint density at radius 2 is 2.05 bits per heavy atom. The fourth-order valence-corrected chi connectivity index (χ4v) is 3.04. The number of aryl methyl sites for hydroxylation is 1. The van der Waals surface area contributed by atoms with Gasteiger partial charge in [-0.1, -0.05) is 12.1 Å². The molecule has 0 amide bonds. The molecule has 0 spiro atoms. The number of fused-ring (bicyclic) bond motifs is 3. The Hall–Kier alpha value is -2.63. The first-order valence-electron chi connectivity index (χ1n) is 7.33. The zero-order valence-electron chi connectivity index (χ0n) is 12.7. The zero-order valence-corrected chi connectivity index (χ0v) is 12.7. The molecule has 0 bridgehead atoms. The minimum Gasteiger partial charge on any atom is -0.497 e. The first kappa shape index (κ1) is 13.1. The Kier molecular flexibility index (Phi) is 2.96. The van der Waals surface area contributed by atoms with Gasteiger partial charge >= 0.3 is 0 Å². The lowest BCUT2D eigenvalue weighted by Gasteiger charge is -2.20. The van der Waals surface area contributed by atoms with Crippen LogP contribution in [0.4, 0.5) is 5.82 Å². The van der Waals surface area contributed by atoms with Crippen molar-refractivity contribution in [1.29, 1.82) is 0 Å². The van der Waals surface area contributed by atoms with E-state index < -0.39 is 0 Å². The highest BCUT2D eigenvalue weighted by Crippen LogP contribution is 2.31. The van der Waals surface area contributed by atoms with Crippen molar-refractivity contribution in [2.75, 3.05) is 18.6 Å². The fourth-order valence-electron chi connectivity index (χ4n) is 3.04. The van der Waals surface area contributed by atoms with Crippen molar-refractivity contribution in [3.8, 4) is 5.75 Å². The number of methoxy groups -OCH3 is 1. The van der Waals surface area contributed by atoms with Crippen LogP contribution in [0.25, 0.3) is 5.78 Å². The molecule has 1 aliphatic heterocycles. The number of nitrogens with zero attached hydrogens (tertiary/aromatic N) is 5. The number of rotatable bonds is 3. The van der Waals surface area contributed by atoms with E-state index in [0.29, 0.717) is 5.78 Å². The first-order valence-corrected chi connectivity index (χ1v) is 7.33. The molecule has 1 aromatic carbocycles. The normalized spacial score (nSPS) is 13.6. The van der Waals surface area contributed by atoms with Crippen molar-refractivity contribution >= 4 is 11.6 Å². The lowest BCUT2D eigenvalue weighted by atomic mass is 10.2. The second kappa shape index (κ2) is 4.98. The van der Waals surface area contributed by atoms with Gasteiger partial charge in [-0.25, -0.2) is 4.98 Å². The molecule has 0 radical (unpaired) electrons. The second-order valence-corrected chi connectivity index (χ2v) is 5.49. The minimum absolute atomic E-state index is 0.665. The van der Waals surface area contributed by atoms with Crippen molar-refractivity contribution < 1.29 is 4.74 Å². The average molecular weight is 295 g/mol. The number of hydrogen-bond donors (Lipinski definition) is 0. The summed E-state index contributed by atoms with van der Waals surface area (Å²) in [5.41, 5.74) is 3.57. The van der Waals surface area contributed by atoms with Gasteiger partial charge in [-0.3, -0.25) is 0 Å². The molecule has 0 fully saturated rings. The summed E-state index contributed by atoms with van der Waals surface area (Å²) in [5, 5.41) is 4.33. The van der Waals surface area contributed by atoms with Crippen molar-refractivity contribution in [3.63, 3.8) is 0 Å². The highest BCUT2D eigenvalue weighted by molar-refractivity contribution is 5.58. The van der Waals surface area contributed by atoms with Crippen LogP contribution in [0.1, 0.15) is 16.8 Å². The van der Waals surface area contributed by atoms with Gasteiger partial charge < -0.3 is 9.64 Å². The van der Waals surface area contributed by atoms with Gasteiger partial charge in [-0.15, -0.1) is 0 Å². The highest BCUT2D eigenvalue weighted by atomic mass is 16.5. The van der Waals surface area contributed by atoms with Crippen LogP contribution in [0.3, 0.4) is 0 Å². The molecule has 1 aliphatic rings. The van der Waals surface area contributed by atoms with Gasteiger partial charge in [0.1, 0.15) is 17.9 Å². The van der Waals surface area contributed by atoms with E-state index in [1.54, 1.807) is 13.4 Å². The van der Waals surface area contributed by atoms with E-state index in [0.717, 1.165) is 36.8 Å². The summed E-state index contributed by atoms with van der Waals surface area (Å²) >= 11 is 0. The summed E-state index contributed by atoms with van der Waals surface area (Å²) in [6, 6.07) is 8.19. The number of ether oxygens (including phenoxy) is 1. The molecule has 112 valence electrons. The molecule has 0 atom stereocenters. The number of benzene rings is 1. The molecule has 0 aliphatic carbocycles. The smallest absolute Gasteiger partial charge is 0.254 e. The van der Waals surface area contributed by atoms with Crippen molar-refractivity contribution in [2.45, 2.75) is 19.9 Å². The number of hydrogen-bond acceptors (Lipinski definition) is 5. The molecular formula is C16H17N5O. The molecule has 0 saturated heterocycles. The summed E-state index contributed by atoms with van der Waals surface area (Å²) in [4.78, 5) is 11.1. The molecule has 0 unspecified atom stereocenters. The molecule has 22 heavy (non-hydrogen) atoms. The Morgan fingerprint density at radius 1 is 1.23 bits per heavy atom. The Balaban J connectivity index is 1.71. The van der Waals surface area contributed by atoms with E-state index in [-0.39, 0.29) is 0 Å². The van der Waals surface area contributed by atoms with Gasteiger partial charge in [0.05, 0.1) is 7.11 Å². The predicted octanol–water partition coefficient (Wildman–Crippen LogP) is 2.00. The van der Waals surface area contributed by atoms with Crippen LogP contribution in [0.5, 0.6) is 5.75 Å². The monoisotopic (exact) mass is 295 g/mol. The van der Waals surface area contributed by atoms with E-state index >= 15 is 0 Å². The topological polar surface area (TPSA) is 55.5 Å². The largest absolute Gasteiger partial charge is 0.497 e. The molecule has 3 heterocycles. The Morgan fingerprint density at radius 3 is 2.82 bits per heavy atom. The van der Waals surface area contributed by atoms with E-state index in [1.807, 2.05) is 23.6 Å². The third kappa shape index (κ3) is 1.99. The molecule has 0 N–H and O–H groups in total. The first-order chi connectivity index (χ1) is 10.8. The van der Waals surface area contributed by atoms with Crippen molar-refractivity contribution in [2.24, 2.45) is 0 Å². The molecule has 6 heteroatoms. The maximum atomic E-state index is 5.21. The van der Waals surface area contributed by atoms with Crippen LogP contribution >= 0.6 is 0 Å². The standard InChI is InChI=1S/C16H17N5O/c1-11-14-7-8-20(9-12-3-5-13(22-2)6-4-12)15(14)21-16(19-11)17-10-18-21/h3-6,10H,7-9H2,1-2H3. The quantitative estimate of drug-likeness (QED) is 0.740. The van der Waals surface area contributed by atoms with Gasteiger partial charge in [0.15, 0.2) is 0 Å². The SMILES string of the molecule is COc1ccc(CN2CCc3c(C)nc4ncnn4c32)cc1. The van der Waals surface area contributed by atoms with Crippen LogP contribution in [0.2, 0.25) is 0 Å². The third-order valence-corrected chi connectivity index (χ3v) is 4.17. The molecular weight excluding hydrogens is 278 g/mol. The highest BCUT2D eigenvalue weighted by Gasteiger charge is 2.25. The van der Waals surface area contributed by atoms with E-state index in [2.05, 4.69) is 32.1 Å². The van der Waals surface area contributed by atoms with Gasteiger partial charge in [0, 0.05) is 24.3 Å². The Bertz CT molecular complexity index is 824. The zero-order chi connectivity index (χ0) is 15.1. The van der Waals surface area contributed by atoms with Crippen LogP contribution < -0.4 is 9.64 Å². The molecule has 2 aromatic heterocycles. The van der Waals surface area contributed by atoms with Crippen LogP contribution in [0.15, 0.2) is 30.6 Å². The van der Waals surface area contributed by atoms with Crippen LogP contribution in [0, 0.1) is 6.92 Å². The van der Waals surface area contributed by atoms with Crippen LogP contribution in [-0.2, 0) is 13.0 Å². The average Bonchev–Trinajstić information content (AvgIpc) is 3.15. The molecule has 0 saturated carbocycles. The summed E-state index contributed by atoms with van der Waals surface area (Å²) in [5.74, 6) is 2.66. The minimum atomic E-state index is 0.665. The summed E-state index contributed by atoms with van der Waals surface area (Å²) in [6.07, 6.45) is 2.56. The summed E-state index contributed by atoms with van der Waals surface area (Å²) in [6.45, 7) is 3.86. The number of aromatic nitrogens is 4. The lowest BCUT2D eigenvalue weighted by Crippen LogP contribution is -2.22. The second-order valence-electron chi connectivity index (χ2n) is 5.49. The predicted molar refractivity (Wildman–Crippen MR) is 83.3 cm³/mol. The van der Waals surface area contributed by atoms with E-state index in [4.69, 9.17) is 4.74 Å². The van der Waals surface area contributed by atoms with E-state index in [1.165, 1.54) is 11.1 Å². The van der Waals surface area contributed by atoms with Gasteiger partial charge in [-0.05, 0) is 31.0 Å². The van der Waals surface area contributed by atoms with Crippen molar-refractivity contribution in [3.05, 3.63) is 47.4 Å². The number of anilines is 1. The lowest BCUT2D eigenvalue weighted by molar-refractivity contribution is 0.414. The fraction of sp³-hybridized carbons (Fsp3) is 0.312. The molecule has 6 nitrogen and oxygen atoms in total. The van der Waals surface area contributed by atoms with Crippen molar-refractivity contribution in [1.82, 2.24) is 19.6 Å². The van der Waals surface area contributed by atoms with Gasteiger partial charge in [-0.2, -0.15) is 14.6 Å². The maximum absolute atomic E-state index is 5.21. The molecule has 4 rings (SSSR count). The summed E-state index contributed by atoms with van der Waals surface area (Å²) in [7, 11) is 1.68. The van der Waals surface area contributed by atoms with E-state index in [9.17, 15) is 0 Å². The third-order valence-electron chi connectivity index (χ3n) is 4.17. The van der Waals surface area contributed by atoms with Gasteiger partial charge in [0.2, 0.25) is 0 Å². The van der Waals surface area contributed by atoms with Gasteiger partial charge in [0.25, 0.3) is 5.78 Å². The Labute approximate surface area is 128 Å². The molecule has 3 aromatic rings. The maximum Gasteiger partial charge on any atom is 0.254 e. The summed E-state index contributed by atoms with van der Waals surface area (Å²) < 4.78 is 7.06.